The summed E-state index contributed by atoms with van der Waals surface area (Å²) in [4.78, 5) is 5.80. The average molecular weight is 356 g/mol. The van der Waals surface area contributed by atoms with Gasteiger partial charge in [0.15, 0.2) is 0 Å². The van der Waals surface area contributed by atoms with Crippen LogP contribution in [0.15, 0.2) is 40.9 Å². The lowest BCUT2D eigenvalue weighted by molar-refractivity contribution is 0.429. The number of aromatic nitrogens is 1. The van der Waals surface area contributed by atoms with E-state index in [2.05, 4.69) is 17.2 Å². The minimum atomic E-state index is -0.222. The molecule has 0 amide bonds. The number of furan rings is 1. The molecule has 130 valence electrons. The Morgan fingerprint density at radius 3 is 2.80 bits per heavy atom. The molecule has 1 atom stereocenters. The van der Waals surface area contributed by atoms with E-state index in [0.717, 1.165) is 22.6 Å². The molecular weight excluding hydrogens is 335 g/mol. The van der Waals surface area contributed by atoms with Crippen LogP contribution in [0.25, 0.3) is 11.3 Å². The molecular formula is C20H21FN2OS. The van der Waals surface area contributed by atoms with Crippen molar-refractivity contribution < 1.29 is 8.81 Å². The van der Waals surface area contributed by atoms with Gasteiger partial charge in [-0.05, 0) is 68.5 Å². The van der Waals surface area contributed by atoms with Gasteiger partial charge < -0.3 is 9.73 Å². The van der Waals surface area contributed by atoms with Crippen LogP contribution in [0.2, 0.25) is 0 Å². The van der Waals surface area contributed by atoms with Gasteiger partial charge in [-0.3, -0.25) is 0 Å². The van der Waals surface area contributed by atoms with E-state index >= 15 is 0 Å². The van der Waals surface area contributed by atoms with Crippen molar-refractivity contribution in [1.82, 2.24) is 10.3 Å². The van der Waals surface area contributed by atoms with Crippen molar-refractivity contribution in [3.05, 3.63) is 63.6 Å². The molecule has 0 aliphatic heterocycles. The summed E-state index contributed by atoms with van der Waals surface area (Å²) in [5.74, 6) is 2.13. The quantitative estimate of drug-likeness (QED) is 0.642. The zero-order valence-corrected chi connectivity index (χ0v) is 15.2. The predicted molar refractivity (Wildman–Crippen MR) is 98.0 cm³/mol. The van der Waals surface area contributed by atoms with Crippen LogP contribution in [0.5, 0.6) is 0 Å². The molecule has 0 radical (unpaired) electrons. The molecule has 3 nitrogen and oxygen atoms in total. The molecule has 25 heavy (non-hydrogen) atoms. The van der Waals surface area contributed by atoms with Crippen LogP contribution < -0.4 is 5.32 Å². The maximum Gasteiger partial charge on any atom is 0.134 e. The highest BCUT2D eigenvalue weighted by molar-refractivity contribution is 7.11. The fourth-order valence-electron chi connectivity index (χ4n) is 3.13. The minimum Gasteiger partial charge on any atom is -0.460 e. The van der Waals surface area contributed by atoms with Gasteiger partial charge in [-0.15, -0.1) is 11.3 Å². The number of nitrogens with one attached hydrogen (secondary N) is 1. The van der Waals surface area contributed by atoms with Gasteiger partial charge >= 0.3 is 0 Å². The molecule has 2 heterocycles. The Bertz CT molecular complexity index is 881. The van der Waals surface area contributed by atoms with Gasteiger partial charge in [0.2, 0.25) is 0 Å². The molecule has 3 aromatic rings. The fourth-order valence-corrected chi connectivity index (χ4v) is 4.08. The van der Waals surface area contributed by atoms with E-state index in [0.29, 0.717) is 18.5 Å². The van der Waals surface area contributed by atoms with Crippen molar-refractivity contribution >= 4 is 11.3 Å². The Balaban J connectivity index is 1.47. The van der Waals surface area contributed by atoms with Gasteiger partial charge in [-0.2, -0.15) is 0 Å². The summed E-state index contributed by atoms with van der Waals surface area (Å²) in [5.41, 5.74) is 1.81. The van der Waals surface area contributed by atoms with Crippen LogP contribution in [0.4, 0.5) is 4.39 Å². The Hall–Kier alpha value is -1.98. The molecule has 5 heteroatoms. The molecule has 1 saturated carbocycles. The van der Waals surface area contributed by atoms with Crippen LogP contribution in [0.1, 0.15) is 40.1 Å². The second-order valence-corrected chi connectivity index (χ2v) is 8.00. The first-order valence-corrected chi connectivity index (χ1v) is 9.43. The van der Waals surface area contributed by atoms with Gasteiger partial charge in [0.05, 0.1) is 12.6 Å². The number of thiazole rings is 1. The monoisotopic (exact) mass is 356 g/mol. The summed E-state index contributed by atoms with van der Waals surface area (Å²) in [6.45, 7) is 4.65. The number of aryl methyl sites for hydroxylation is 2. The number of rotatable bonds is 6. The molecule has 0 saturated heterocycles. The van der Waals surface area contributed by atoms with Crippen molar-refractivity contribution in [2.45, 2.75) is 39.3 Å². The Morgan fingerprint density at radius 2 is 2.12 bits per heavy atom. The summed E-state index contributed by atoms with van der Waals surface area (Å²) in [5, 5.41) is 4.78. The lowest BCUT2D eigenvalue weighted by atomic mass is 10.1. The van der Waals surface area contributed by atoms with Gasteiger partial charge in [-0.25, -0.2) is 9.37 Å². The molecule has 1 N–H and O–H groups in total. The largest absolute Gasteiger partial charge is 0.460 e. The molecule has 1 aliphatic carbocycles. The zero-order valence-electron chi connectivity index (χ0n) is 14.4. The van der Waals surface area contributed by atoms with Crippen LogP contribution in [-0.2, 0) is 6.54 Å². The second-order valence-electron chi connectivity index (χ2n) is 6.73. The third-order valence-corrected chi connectivity index (χ3v) is 5.61. The number of hydrogen-bond donors (Lipinski definition) is 1. The molecule has 0 unspecified atom stereocenters. The van der Waals surface area contributed by atoms with E-state index in [4.69, 9.17) is 4.42 Å². The Morgan fingerprint density at radius 1 is 1.28 bits per heavy atom. The van der Waals surface area contributed by atoms with Crippen LogP contribution in [0, 0.1) is 25.6 Å². The summed E-state index contributed by atoms with van der Waals surface area (Å²) < 4.78 is 19.3. The molecule has 1 aliphatic rings. The molecule has 0 spiro atoms. The third kappa shape index (κ3) is 3.67. The van der Waals surface area contributed by atoms with E-state index in [-0.39, 0.29) is 5.82 Å². The summed E-state index contributed by atoms with van der Waals surface area (Å²) in [7, 11) is 0. The number of benzene rings is 1. The van der Waals surface area contributed by atoms with Crippen molar-refractivity contribution in [3.63, 3.8) is 0 Å². The van der Waals surface area contributed by atoms with E-state index in [1.165, 1.54) is 34.9 Å². The topological polar surface area (TPSA) is 38.1 Å². The first kappa shape index (κ1) is 16.5. The SMILES string of the molecule is Cc1cnc([C@H](NCc2ccc(-c3ccc(F)cc3C)o2)C2CC2)s1. The summed E-state index contributed by atoms with van der Waals surface area (Å²) >= 11 is 1.76. The van der Waals surface area contributed by atoms with Crippen molar-refractivity contribution in [1.29, 1.82) is 0 Å². The first-order chi connectivity index (χ1) is 12.1. The van der Waals surface area contributed by atoms with Crippen LogP contribution in [-0.4, -0.2) is 4.98 Å². The summed E-state index contributed by atoms with van der Waals surface area (Å²) in [6.07, 6.45) is 4.46. The lowest BCUT2D eigenvalue weighted by Gasteiger charge is -2.14. The Kier molecular flexibility index (Phi) is 4.44. The molecule has 1 aromatic carbocycles. The van der Waals surface area contributed by atoms with Crippen LogP contribution in [0.3, 0.4) is 0 Å². The van der Waals surface area contributed by atoms with Crippen molar-refractivity contribution in [3.8, 4) is 11.3 Å². The van der Waals surface area contributed by atoms with E-state index in [1.54, 1.807) is 17.4 Å². The number of halogens is 1. The second kappa shape index (κ2) is 6.73. The normalized spacial score (nSPS) is 15.5. The highest BCUT2D eigenvalue weighted by Crippen LogP contribution is 2.42. The van der Waals surface area contributed by atoms with E-state index < -0.39 is 0 Å². The lowest BCUT2D eigenvalue weighted by Crippen LogP contribution is -2.22. The minimum absolute atomic E-state index is 0.222. The summed E-state index contributed by atoms with van der Waals surface area (Å²) in [6, 6.07) is 9.02. The molecule has 0 bridgehead atoms. The third-order valence-electron chi connectivity index (χ3n) is 4.61. The zero-order chi connectivity index (χ0) is 17.4. The van der Waals surface area contributed by atoms with Crippen molar-refractivity contribution in [2.75, 3.05) is 0 Å². The smallest absolute Gasteiger partial charge is 0.134 e. The number of hydrogen-bond acceptors (Lipinski definition) is 4. The fraction of sp³-hybridized carbons (Fsp3) is 0.350. The average Bonchev–Trinajstić information content (AvgIpc) is 3.15. The molecule has 2 aromatic heterocycles. The Labute approximate surface area is 150 Å². The standard InChI is InChI=1S/C20H21FN2OS/c1-12-9-15(21)5-7-17(12)18-8-6-16(24-18)11-22-19(14-3-4-14)20-23-10-13(2)25-20/h5-10,14,19,22H,3-4,11H2,1-2H3/t19-/m1/s1. The van der Waals surface area contributed by atoms with Gasteiger partial charge in [0.1, 0.15) is 22.3 Å². The molecule has 4 rings (SSSR count). The maximum absolute atomic E-state index is 13.3. The highest BCUT2D eigenvalue weighted by Gasteiger charge is 2.33. The van der Waals surface area contributed by atoms with Gasteiger partial charge in [0.25, 0.3) is 0 Å². The number of nitrogens with zero attached hydrogens (tertiary/aromatic N) is 1. The predicted octanol–water partition coefficient (Wildman–Crippen LogP) is 5.40. The van der Waals surface area contributed by atoms with Crippen LogP contribution >= 0.6 is 11.3 Å². The van der Waals surface area contributed by atoms with Gasteiger partial charge in [0, 0.05) is 16.6 Å². The maximum atomic E-state index is 13.3. The van der Waals surface area contributed by atoms with Gasteiger partial charge in [-0.1, -0.05) is 0 Å². The van der Waals surface area contributed by atoms with E-state index in [9.17, 15) is 4.39 Å². The highest BCUT2D eigenvalue weighted by atomic mass is 32.1. The first-order valence-electron chi connectivity index (χ1n) is 8.61. The molecule has 1 fully saturated rings. The van der Waals surface area contributed by atoms with E-state index in [1.807, 2.05) is 25.3 Å². The van der Waals surface area contributed by atoms with Crippen molar-refractivity contribution in [2.24, 2.45) is 5.92 Å².